The molecule has 2 unspecified atom stereocenters. The third-order valence-corrected chi connectivity index (χ3v) is 2.98. The fourth-order valence-corrected chi connectivity index (χ4v) is 2.00. The second-order valence-corrected chi connectivity index (χ2v) is 4.75. The molecule has 2 atom stereocenters. The molecule has 6 nitrogen and oxygen atoms in total. The van der Waals surface area contributed by atoms with Crippen molar-refractivity contribution in [2.75, 3.05) is 18.1 Å². The summed E-state index contributed by atoms with van der Waals surface area (Å²) < 4.78 is 5.59. The SMILES string of the molecule is Cc1cc(C(=N)N)nc(N2CC(C)OCC2C)n1. The number of hydrogen-bond donors (Lipinski definition) is 2. The zero-order valence-electron chi connectivity index (χ0n) is 11.0. The number of nitrogens with one attached hydrogen (secondary N) is 1. The monoisotopic (exact) mass is 249 g/mol. The number of ether oxygens (including phenoxy) is 1. The lowest BCUT2D eigenvalue weighted by Crippen LogP contribution is -2.48. The van der Waals surface area contributed by atoms with Crippen molar-refractivity contribution in [1.29, 1.82) is 5.41 Å². The maximum atomic E-state index is 7.48. The number of amidine groups is 1. The Morgan fingerprint density at radius 3 is 2.89 bits per heavy atom. The zero-order chi connectivity index (χ0) is 13.3. The summed E-state index contributed by atoms with van der Waals surface area (Å²) in [4.78, 5) is 10.9. The summed E-state index contributed by atoms with van der Waals surface area (Å²) in [5, 5.41) is 7.48. The van der Waals surface area contributed by atoms with Crippen LogP contribution in [0.2, 0.25) is 0 Å². The van der Waals surface area contributed by atoms with Crippen LogP contribution in [0.3, 0.4) is 0 Å². The summed E-state index contributed by atoms with van der Waals surface area (Å²) >= 11 is 0. The van der Waals surface area contributed by atoms with Gasteiger partial charge in [0.1, 0.15) is 11.5 Å². The molecule has 98 valence electrons. The Labute approximate surface area is 107 Å². The molecule has 1 fully saturated rings. The van der Waals surface area contributed by atoms with Gasteiger partial charge in [-0.05, 0) is 26.8 Å². The Hall–Kier alpha value is -1.69. The highest BCUT2D eigenvalue weighted by molar-refractivity contribution is 5.93. The summed E-state index contributed by atoms with van der Waals surface area (Å²) in [5.74, 6) is 0.596. The lowest BCUT2D eigenvalue weighted by atomic mass is 10.2. The fourth-order valence-electron chi connectivity index (χ4n) is 2.00. The largest absolute Gasteiger partial charge is 0.382 e. The minimum absolute atomic E-state index is 0.0317. The van der Waals surface area contributed by atoms with Crippen LogP contribution >= 0.6 is 0 Å². The van der Waals surface area contributed by atoms with Gasteiger partial charge in [-0.1, -0.05) is 0 Å². The molecular weight excluding hydrogens is 230 g/mol. The van der Waals surface area contributed by atoms with E-state index >= 15 is 0 Å². The van der Waals surface area contributed by atoms with Crippen molar-refractivity contribution >= 4 is 11.8 Å². The van der Waals surface area contributed by atoms with Gasteiger partial charge >= 0.3 is 0 Å². The summed E-state index contributed by atoms with van der Waals surface area (Å²) in [6.45, 7) is 7.40. The van der Waals surface area contributed by atoms with E-state index in [1.54, 1.807) is 6.07 Å². The van der Waals surface area contributed by atoms with Gasteiger partial charge in [0.2, 0.25) is 5.95 Å². The molecule has 0 aromatic carbocycles. The molecular formula is C12H19N5O. The molecule has 2 heterocycles. The van der Waals surface area contributed by atoms with Crippen molar-refractivity contribution in [3.63, 3.8) is 0 Å². The molecule has 1 aliphatic heterocycles. The quantitative estimate of drug-likeness (QED) is 0.594. The van der Waals surface area contributed by atoms with Gasteiger partial charge in [0.25, 0.3) is 0 Å². The van der Waals surface area contributed by atoms with Crippen LogP contribution in [0, 0.1) is 12.3 Å². The summed E-state index contributed by atoms with van der Waals surface area (Å²) in [5.41, 5.74) is 6.78. The second-order valence-electron chi connectivity index (χ2n) is 4.75. The minimum atomic E-state index is -0.0317. The van der Waals surface area contributed by atoms with Crippen LogP contribution in [0.4, 0.5) is 5.95 Å². The van der Waals surface area contributed by atoms with Gasteiger partial charge in [0, 0.05) is 12.2 Å². The maximum Gasteiger partial charge on any atom is 0.226 e. The molecule has 0 aliphatic carbocycles. The van der Waals surface area contributed by atoms with Crippen LogP contribution in [-0.4, -0.2) is 41.1 Å². The summed E-state index contributed by atoms with van der Waals surface area (Å²) in [7, 11) is 0. The first-order valence-corrected chi connectivity index (χ1v) is 6.05. The highest BCUT2D eigenvalue weighted by Gasteiger charge is 2.26. The van der Waals surface area contributed by atoms with Crippen LogP contribution in [0.25, 0.3) is 0 Å². The smallest absolute Gasteiger partial charge is 0.226 e. The van der Waals surface area contributed by atoms with E-state index in [4.69, 9.17) is 15.9 Å². The van der Waals surface area contributed by atoms with Crippen LogP contribution in [0.15, 0.2) is 6.07 Å². The third kappa shape index (κ3) is 2.59. The van der Waals surface area contributed by atoms with Gasteiger partial charge in [0.05, 0.1) is 18.8 Å². The van der Waals surface area contributed by atoms with Crippen molar-refractivity contribution in [2.45, 2.75) is 32.9 Å². The second kappa shape index (κ2) is 4.89. The van der Waals surface area contributed by atoms with Crippen molar-refractivity contribution in [3.8, 4) is 0 Å². The first-order valence-electron chi connectivity index (χ1n) is 6.05. The third-order valence-electron chi connectivity index (χ3n) is 2.98. The van der Waals surface area contributed by atoms with Gasteiger partial charge < -0.3 is 15.4 Å². The number of morpholine rings is 1. The summed E-state index contributed by atoms with van der Waals surface area (Å²) in [6, 6.07) is 1.95. The Morgan fingerprint density at radius 2 is 2.22 bits per heavy atom. The van der Waals surface area contributed by atoms with Crippen LogP contribution in [0.5, 0.6) is 0 Å². The number of anilines is 1. The molecule has 2 rings (SSSR count). The number of nitrogens with zero attached hydrogens (tertiary/aromatic N) is 3. The normalized spacial score (nSPS) is 24.1. The number of nitrogen functional groups attached to an aromatic ring is 1. The van der Waals surface area contributed by atoms with E-state index in [2.05, 4.69) is 21.8 Å². The molecule has 0 radical (unpaired) electrons. The number of nitrogens with two attached hydrogens (primary N) is 1. The predicted molar refractivity (Wildman–Crippen MR) is 70.0 cm³/mol. The highest BCUT2D eigenvalue weighted by Crippen LogP contribution is 2.18. The van der Waals surface area contributed by atoms with Crippen molar-refractivity contribution < 1.29 is 4.74 Å². The molecule has 0 saturated carbocycles. The molecule has 0 amide bonds. The molecule has 0 spiro atoms. The van der Waals surface area contributed by atoms with E-state index in [0.717, 1.165) is 12.2 Å². The highest BCUT2D eigenvalue weighted by atomic mass is 16.5. The van der Waals surface area contributed by atoms with Crippen molar-refractivity contribution in [1.82, 2.24) is 9.97 Å². The van der Waals surface area contributed by atoms with Crippen molar-refractivity contribution in [2.24, 2.45) is 5.73 Å². The number of rotatable bonds is 2. The van der Waals surface area contributed by atoms with E-state index in [-0.39, 0.29) is 18.0 Å². The molecule has 0 bridgehead atoms. The van der Waals surface area contributed by atoms with E-state index in [1.165, 1.54) is 0 Å². The number of hydrogen-bond acceptors (Lipinski definition) is 5. The Kier molecular flexibility index (Phi) is 3.47. The van der Waals surface area contributed by atoms with Gasteiger partial charge in [-0.3, -0.25) is 5.41 Å². The first kappa shape index (κ1) is 12.8. The Morgan fingerprint density at radius 1 is 1.50 bits per heavy atom. The van der Waals surface area contributed by atoms with E-state index in [9.17, 15) is 0 Å². The summed E-state index contributed by atoms with van der Waals surface area (Å²) in [6.07, 6.45) is 0.158. The minimum Gasteiger partial charge on any atom is -0.382 e. The van der Waals surface area contributed by atoms with Crippen LogP contribution in [0.1, 0.15) is 25.2 Å². The van der Waals surface area contributed by atoms with Crippen LogP contribution < -0.4 is 10.6 Å². The standard InChI is InChI=1S/C12H19N5O/c1-7-4-10(11(13)14)16-12(15-7)17-5-9(3)18-6-8(17)2/h4,8-9H,5-6H2,1-3H3,(H3,13,14). The predicted octanol–water partition coefficient (Wildman–Crippen LogP) is 0.683. The topological polar surface area (TPSA) is 88.1 Å². The Balaban J connectivity index is 2.34. The number of aryl methyl sites for hydroxylation is 1. The lowest BCUT2D eigenvalue weighted by molar-refractivity contribution is 0.0337. The average molecular weight is 249 g/mol. The fraction of sp³-hybridized carbons (Fsp3) is 0.583. The van der Waals surface area contributed by atoms with E-state index < -0.39 is 0 Å². The van der Waals surface area contributed by atoms with Crippen LogP contribution in [-0.2, 0) is 4.74 Å². The average Bonchev–Trinajstić information content (AvgIpc) is 2.31. The molecule has 6 heteroatoms. The van der Waals surface area contributed by atoms with Crippen molar-refractivity contribution in [3.05, 3.63) is 17.5 Å². The maximum absolute atomic E-state index is 7.48. The first-order chi connectivity index (χ1) is 8.47. The molecule has 1 aromatic heterocycles. The van der Waals surface area contributed by atoms with Gasteiger partial charge in [-0.15, -0.1) is 0 Å². The molecule has 18 heavy (non-hydrogen) atoms. The Bertz CT molecular complexity index is 462. The van der Waals surface area contributed by atoms with E-state index in [0.29, 0.717) is 18.2 Å². The molecule has 3 N–H and O–H groups in total. The molecule has 1 aliphatic rings. The van der Waals surface area contributed by atoms with E-state index in [1.807, 2.05) is 13.8 Å². The van der Waals surface area contributed by atoms with Gasteiger partial charge in [0.15, 0.2) is 0 Å². The zero-order valence-corrected chi connectivity index (χ0v) is 11.0. The lowest BCUT2D eigenvalue weighted by Gasteiger charge is -2.36. The molecule has 1 aromatic rings. The molecule has 1 saturated heterocycles. The van der Waals surface area contributed by atoms with Gasteiger partial charge in [-0.2, -0.15) is 0 Å². The van der Waals surface area contributed by atoms with Gasteiger partial charge in [-0.25, -0.2) is 9.97 Å². The number of aromatic nitrogens is 2.